The largest absolute Gasteiger partial charge is 0.315 e. The number of alkyl halides is 1. The van der Waals surface area contributed by atoms with Crippen molar-refractivity contribution in [3.63, 3.8) is 0 Å². The molecule has 1 N–H and O–H groups in total. The second-order valence-corrected chi connectivity index (χ2v) is 3.33. The molecule has 0 aromatic rings. The van der Waals surface area contributed by atoms with Crippen LogP contribution in [0.25, 0.3) is 0 Å². The van der Waals surface area contributed by atoms with E-state index in [0.29, 0.717) is 12.6 Å². The van der Waals surface area contributed by atoms with E-state index in [-0.39, 0.29) is 6.67 Å². The minimum atomic E-state index is -0.212. The first-order valence-corrected chi connectivity index (χ1v) is 4.89. The van der Waals surface area contributed by atoms with Gasteiger partial charge in [0.25, 0.3) is 0 Å². The molecule has 0 aromatic carbocycles. The molecule has 1 heterocycles. The summed E-state index contributed by atoms with van der Waals surface area (Å²) in [5, 5.41) is 3.34. The van der Waals surface area contributed by atoms with Gasteiger partial charge in [-0.1, -0.05) is 6.92 Å². The third-order valence-corrected chi connectivity index (χ3v) is 2.59. The molecular formula is C9H19FN2. The fourth-order valence-electron chi connectivity index (χ4n) is 1.85. The molecule has 2 nitrogen and oxygen atoms in total. The van der Waals surface area contributed by atoms with E-state index in [1.807, 2.05) is 0 Å². The Morgan fingerprint density at radius 1 is 1.50 bits per heavy atom. The average molecular weight is 174 g/mol. The topological polar surface area (TPSA) is 15.3 Å². The predicted octanol–water partition coefficient (Wildman–Crippen LogP) is 1.03. The highest BCUT2D eigenvalue weighted by atomic mass is 19.1. The number of nitrogens with one attached hydrogen (secondary N) is 1. The Balaban J connectivity index is 2.39. The van der Waals surface area contributed by atoms with E-state index in [1.54, 1.807) is 0 Å². The van der Waals surface area contributed by atoms with Crippen LogP contribution in [0.4, 0.5) is 4.39 Å². The van der Waals surface area contributed by atoms with Gasteiger partial charge in [0.15, 0.2) is 0 Å². The van der Waals surface area contributed by atoms with Crippen LogP contribution in [0.5, 0.6) is 0 Å². The molecule has 0 spiro atoms. The van der Waals surface area contributed by atoms with E-state index in [1.165, 1.54) is 0 Å². The number of nitrogens with zero attached hydrogens (tertiary/aromatic N) is 1. The zero-order valence-corrected chi connectivity index (χ0v) is 7.85. The summed E-state index contributed by atoms with van der Waals surface area (Å²) in [4.78, 5) is 2.26. The monoisotopic (exact) mass is 174 g/mol. The van der Waals surface area contributed by atoms with Crippen LogP contribution in [0.15, 0.2) is 0 Å². The average Bonchev–Trinajstić information content (AvgIpc) is 2.30. The molecule has 1 unspecified atom stereocenters. The highest BCUT2D eigenvalue weighted by Gasteiger charge is 2.17. The lowest BCUT2D eigenvalue weighted by Gasteiger charge is -2.27. The Kier molecular flexibility index (Phi) is 4.54. The molecule has 0 aromatic heterocycles. The molecule has 0 aliphatic carbocycles. The summed E-state index contributed by atoms with van der Waals surface area (Å²) in [6.07, 6.45) is 2.30. The van der Waals surface area contributed by atoms with Crippen LogP contribution in [0.2, 0.25) is 0 Å². The Morgan fingerprint density at radius 3 is 3.00 bits per heavy atom. The van der Waals surface area contributed by atoms with Crippen LogP contribution in [-0.2, 0) is 0 Å². The second-order valence-electron chi connectivity index (χ2n) is 3.33. The normalized spacial score (nSPS) is 27.0. The van der Waals surface area contributed by atoms with E-state index in [9.17, 15) is 4.39 Å². The molecule has 0 saturated carbocycles. The van der Waals surface area contributed by atoms with Gasteiger partial charge in [-0.25, -0.2) is 4.39 Å². The first-order chi connectivity index (χ1) is 5.88. The Hall–Kier alpha value is -0.150. The van der Waals surface area contributed by atoms with Crippen molar-refractivity contribution in [3.05, 3.63) is 0 Å². The summed E-state index contributed by atoms with van der Waals surface area (Å²) in [6, 6.07) is 0.593. The summed E-state index contributed by atoms with van der Waals surface area (Å²) in [5.41, 5.74) is 0. The zero-order chi connectivity index (χ0) is 8.81. The highest BCUT2D eigenvalue weighted by molar-refractivity contribution is 4.75. The molecule has 72 valence electrons. The number of rotatable bonds is 3. The van der Waals surface area contributed by atoms with E-state index in [4.69, 9.17) is 0 Å². The molecule has 1 saturated heterocycles. The van der Waals surface area contributed by atoms with Gasteiger partial charge in [-0.15, -0.1) is 0 Å². The SMILES string of the molecule is CCC1CCNCCN1CCF. The molecule has 1 atom stereocenters. The van der Waals surface area contributed by atoms with Gasteiger partial charge < -0.3 is 5.32 Å². The van der Waals surface area contributed by atoms with Crippen molar-refractivity contribution in [2.75, 3.05) is 32.9 Å². The third kappa shape index (κ3) is 2.72. The second kappa shape index (κ2) is 5.49. The van der Waals surface area contributed by atoms with Crippen LogP contribution >= 0.6 is 0 Å². The summed E-state index contributed by atoms with van der Waals surface area (Å²) in [7, 11) is 0. The maximum absolute atomic E-state index is 12.2. The van der Waals surface area contributed by atoms with Crippen molar-refractivity contribution in [2.45, 2.75) is 25.8 Å². The van der Waals surface area contributed by atoms with Crippen molar-refractivity contribution in [1.82, 2.24) is 10.2 Å². The molecule has 1 fully saturated rings. The zero-order valence-electron chi connectivity index (χ0n) is 7.85. The van der Waals surface area contributed by atoms with Crippen LogP contribution in [0, 0.1) is 0 Å². The minimum absolute atomic E-state index is 0.212. The smallest absolute Gasteiger partial charge is 0.102 e. The van der Waals surface area contributed by atoms with E-state index >= 15 is 0 Å². The summed E-state index contributed by atoms with van der Waals surface area (Å²) < 4.78 is 12.2. The van der Waals surface area contributed by atoms with E-state index < -0.39 is 0 Å². The molecule has 0 radical (unpaired) electrons. The summed E-state index contributed by atoms with van der Waals surface area (Å²) in [5.74, 6) is 0. The van der Waals surface area contributed by atoms with Crippen LogP contribution in [0.1, 0.15) is 19.8 Å². The van der Waals surface area contributed by atoms with Crippen molar-refractivity contribution in [1.29, 1.82) is 0 Å². The van der Waals surface area contributed by atoms with E-state index in [2.05, 4.69) is 17.1 Å². The van der Waals surface area contributed by atoms with Crippen molar-refractivity contribution in [2.24, 2.45) is 0 Å². The fourth-order valence-corrected chi connectivity index (χ4v) is 1.85. The molecule has 12 heavy (non-hydrogen) atoms. The standard InChI is InChI=1S/C9H19FN2/c1-2-9-3-5-11-6-8-12(9)7-4-10/h9,11H,2-8H2,1H3. The predicted molar refractivity (Wildman–Crippen MR) is 49.1 cm³/mol. The third-order valence-electron chi connectivity index (χ3n) is 2.59. The molecule has 1 aliphatic rings. The summed E-state index contributed by atoms with van der Waals surface area (Å²) >= 11 is 0. The Labute approximate surface area is 74.1 Å². The van der Waals surface area contributed by atoms with Crippen molar-refractivity contribution in [3.8, 4) is 0 Å². The maximum Gasteiger partial charge on any atom is 0.102 e. The minimum Gasteiger partial charge on any atom is -0.315 e. The maximum atomic E-state index is 12.2. The first-order valence-electron chi connectivity index (χ1n) is 4.89. The van der Waals surface area contributed by atoms with Gasteiger partial charge in [-0.3, -0.25) is 4.90 Å². The Bertz CT molecular complexity index is 119. The van der Waals surface area contributed by atoms with Crippen molar-refractivity contribution >= 4 is 0 Å². The highest BCUT2D eigenvalue weighted by Crippen LogP contribution is 2.09. The molecular weight excluding hydrogens is 155 g/mol. The van der Waals surface area contributed by atoms with E-state index in [0.717, 1.165) is 32.5 Å². The quantitative estimate of drug-likeness (QED) is 0.687. The number of halogens is 1. The molecule has 0 amide bonds. The lowest BCUT2D eigenvalue weighted by Crippen LogP contribution is -2.37. The van der Waals surface area contributed by atoms with Gasteiger partial charge >= 0.3 is 0 Å². The van der Waals surface area contributed by atoms with Crippen LogP contribution in [-0.4, -0.2) is 43.8 Å². The number of hydrogen-bond donors (Lipinski definition) is 1. The molecule has 3 heteroatoms. The number of hydrogen-bond acceptors (Lipinski definition) is 2. The van der Waals surface area contributed by atoms with Gasteiger partial charge in [-0.2, -0.15) is 0 Å². The van der Waals surface area contributed by atoms with Gasteiger partial charge in [0.05, 0.1) is 0 Å². The van der Waals surface area contributed by atoms with Crippen LogP contribution < -0.4 is 5.32 Å². The Morgan fingerprint density at radius 2 is 2.33 bits per heavy atom. The fraction of sp³-hybridized carbons (Fsp3) is 1.00. The molecule has 0 bridgehead atoms. The molecule has 1 rings (SSSR count). The lowest BCUT2D eigenvalue weighted by atomic mass is 10.1. The van der Waals surface area contributed by atoms with Crippen molar-refractivity contribution < 1.29 is 4.39 Å². The summed E-state index contributed by atoms with van der Waals surface area (Å²) in [6.45, 7) is 5.68. The first kappa shape index (κ1) is 9.93. The lowest BCUT2D eigenvalue weighted by molar-refractivity contribution is 0.185. The van der Waals surface area contributed by atoms with Crippen LogP contribution in [0.3, 0.4) is 0 Å². The van der Waals surface area contributed by atoms with Gasteiger partial charge in [0.1, 0.15) is 6.67 Å². The van der Waals surface area contributed by atoms with Gasteiger partial charge in [0.2, 0.25) is 0 Å². The molecule has 1 aliphatic heterocycles. The van der Waals surface area contributed by atoms with Gasteiger partial charge in [0, 0.05) is 25.7 Å². The van der Waals surface area contributed by atoms with Gasteiger partial charge in [-0.05, 0) is 19.4 Å².